The summed E-state index contributed by atoms with van der Waals surface area (Å²) in [5, 5.41) is 6.00. The van der Waals surface area contributed by atoms with Crippen LogP contribution in [0.1, 0.15) is 16.1 Å². The second-order valence-corrected chi connectivity index (χ2v) is 5.86. The van der Waals surface area contributed by atoms with Gasteiger partial charge < -0.3 is 10.6 Å². The van der Waals surface area contributed by atoms with E-state index in [-0.39, 0.29) is 17.3 Å². The molecular weight excluding hydrogens is 381 g/mol. The van der Waals surface area contributed by atoms with Gasteiger partial charge in [-0.2, -0.15) is 13.2 Å². The second kappa shape index (κ2) is 7.63. The molecule has 0 aliphatic rings. The summed E-state index contributed by atoms with van der Waals surface area (Å²) in [5.74, 6) is -0.381. The summed E-state index contributed by atoms with van der Waals surface area (Å²) >= 11 is 5.82. The summed E-state index contributed by atoms with van der Waals surface area (Å²) in [6.45, 7) is 0. The monoisotopic (exact) mass is 392 g/mol. The summed E-state index contributed by atoms with van der Waals surface area (Å²) in [4.78, 5) is 20.4. The van der Waals surface area contributed by atoms with Crippen LogP contribution in [0.15, 0.2) is 60.8 Å². The van der Waals surface area contributed by atoms with Crippen LogP contribution < -0.4 is 10.6 Å². The topological polar surface area (TPSA) is 66.9 Å². The van der Waals surface area contributed by atoms with Crippen LogP contribution in [0, 0.1) is 0 Å². The van der Waals surface area contributed by atoms with Crippen LogP contribution in [0.5, 0.6) is 0 Å². The Balaban J connectivity index is 1.70. The maximum Gasteiger partial charge on any atom is 0.416 e. The summed E-state index contributed by atoms with van der Waals surface area (Å²) < 4.78 is 37.7. The minimum Gasteiger partial charge on any atom is -0.324 e. The smallest absolute Gasteiger partial charge is 0.324 e. The lowest BCUT2D eigenvalue weighted by Gasteiger charge is -2.09. The molecule has 1 amide bonds. The van der Waals surface area contributed by atoms with E-state index in [0.29, 0.717) is 10.7 Å². The minimum absolute atomic E-state index is 0.0568. The van der Waals surface area contributed by atoms with Crippen LogP contribution in [0.25, 0.3) is 0 Å². The van der Waals surface area contributed by atoms with Crippen LogP contribution in [0.3, 0.4) is 0 Å². The number of anilines is 3. The van der Waals surface area contributed by atoms with Crippen molar-refractivity contribution >= 4 is 34.8 Å². The maximum absolute atomic E-state index is 12.6. The fourth-order valence-corrected chi connectivity index (χ4v) is 2.27. The van der Waals surface area contributed by atoms with Crippen molar-refractivity contribution in [3.63, 3.8) is 0 Å². The van der Waals surface area contributed by atoms with E-state index in [1.54, 1.807) is 24.3 Å². The minimum atomic E-state index is -4.43. The van der Waals surface area contributed by atoms with Gasteiger partial charge in [-0.1, -0.05) is 11.6 Å². The lowest BCUT2D eigenvalue weighted by Crippen LogP contribution is -2.15. The summed E-state index contributed by atoms with van der Waals surface area (Å²) in [5.41, 5.74) is 0.164. The van der Waals surface area contributed by atoms with Crippen molar-refractivity contribution in [3.05, 3.63) is 77.1 Å². The summed E-state index contributed by atoms with van der Waals surface area (Å²) in [6, 6.07) is 12.3. The molecule has 3 aromatic rings. The van der Waals surface area contributed by atoms with Gasteiger partial charge in [0.25, 0.3) is 5.91 Å². The molecule has 0 spiro atoms. The zero-order valence-corrected chi connectivity index (χ0v) is 14.3. The Hall–Kier alpha value is -3.13. The van der Waals surface area contributed by atoms with Crippen molar-refractivity contribution in [2.24, 2.45) is 0 Å². The molecule has 0 saturated heterocycles. The van der Waals surface area contributed by atoms with E-state index >= 15 is 0 Å². The van der Waals surface area contributed by atoms with E-state index in [1.807, 2.05) is 0 Å². The van der Waals surface area contributed by atoms with E-state index in [1.165, 1.54) is 24.4 Å². The van der Waals surface area contributed by atoms with Gasteiger partial charge in [0, 0.05) is 22.6 Å². The van der Waals surface area contributed by atoms with Crippen LogP contribution in [-0.2, 0) is 6.18 Å². The van der Waals surface area contributed by atoms with Crippen molar-refractivity contribution < 1.29 is 18.0 Å². The quantitative estimate of drug-likeness (QED) is 0.644. The predicted molar refractivity (Wildman–Crippen MR) is 96.2 cm³/mol. The third-order valence-electron chi connectivity index (χ3n) is 3.46. The zero-order chi connectivity index (χ0) is 19.4. The van der Waals surface area contributed by atoms with Gasteiger partial charge in [0.1, 0.15) is 5.69 Å². The molecule has 1 heterocycles. The highest BCUT2D eigenvalue weighted by atomic mass is 35.5. The van der Waals surface area contributed by atoms with Crippen molar-refractivity contribution in [1.29, 1.82) is 0 Å². The fourth-order valence-electron chi connectivity index (χ4n) is 2.15. The Labute approximate surface area is 157 Å². The third-order valence-corrected chi connectivity index (χ3v) is 3.71. The van der Waals surface area contributed by atoms with Gasteiger partial charge in [-0.15, -0.1) is 0 Å². The van der Waals surface area contributed by atoms with E-state index < -0.39 is 17.6 Å². The van der Waals surface area contributed by atoms with Gasteiger partial charge in [-0.3, -0.25) is 4.79 Å². The molecule has 1 aromatic heterocycles. The largest absolute Gasteiger partial charge is 0.416 e. The average Bonchev–Trinajstić information content (AvgIpc) is 2.63. The number of nitrogens with one attached hydrogen (secondary N) is 2. The number of aromatic nitrogens is 2. The molecule has 2 N–H and O–H groups in total. The molecule has 0 atom stereocenters. The molecule has 3 rings (SSSR count). The van der Waals surface area contributed by atoms with Gasteiger partial charge in [0.2, 0.25) is 5.95 Å². The molecule has 0 fully saturated rings. The van der Waals surface area contributed by atoms with Crippen LogP contribution >= 0.6 is 11.6 Å². The average molecular weight is 393 g/mol. The van der Waals surface area contributed by atoms with Crippen molar-refractivity contribution in [1.82, 2.24) is 9.97 Å². The number of rotatable bonds is 4. The summed E-state index contributed by atoms with van der Waals surface area (Å²) in [7, 11) is 0. The number of alkyl halides is 3. The standard InChI is InChI=1S/C18H12ClF3N4O/c19-12-3-7-14(8-4-12)25-17-23-10-9-15(26-17)16(27)24-13-5-1-11(2-6-13)18(20,21)22/h1-10H,(H,24,27)(H,23,25,26). The number of nitrogens with zero attached hydrogens (tertiary/aromatic N) is 2. The highest BCUT2D eigenvalue weighted by Crippen LogP contribution is 2.29. The maximum atomic E-state index is 12.6. The molecule has 2 aromatic carbocycles. The van der Waals surface area contributed by atoms with E-state index in [2.05, 4.69) is 20.6 Å². The lowest BCUT2D eigenvalue weighted by atomic mass is 10.2. The van der Waals surface area contributed by atoms with Crippen LogP contribution in [0.2, 0.25) is 5.02 Å². The third kappa shape index (κ3) is 4.95. The molecule has 27 heavy (non-hydrogen) atoms. The lowest BCUT2D eigenvalue weighted by molar-refractivity contribution is -0.137. The molecule has 0 aliphatic carbocycles. The van der Waals surface area contributed by atoms with Gasteiger partial charge in [0.15, 0.2) is 0 Å². The van der Waals surface area contributed by atoms with Crippen LogP contribution in [0.4, 0.5) is 30.5 Å². The van der Waals surface area contributed by atoms with Gasteiger partial charge in [0.05, 0.1) is 5.56 Å². The molecule has 0 bridgehead atoms. The first kappa shape index (κ1) is 18.7. The fraction of sp³-hybridized carbons (Fsp3) is 0.0556. The van der Waals surface area contributed by atoms with E-state index in [4.69, 9.17) is 11.6 Å². The number of hydrogen-bond donors (Lipinski definition) is 2. The number of hydrogen-bond acceptors (Lipinski definition) is 4. The number of benzene rings is 2. The molecule has 0 radical (unpaired) electrons. The highest BCUT2D eigenvalue weighted by Gasteiger charge is 2.30. The first-order chi connectivity index (χ1) is 12.8. The molecule has 0 aliphatic heterocycles. The predicted octanol–water partition coefficient (Wildman–Crippen LogP) is 5.14. The summed E-state index contributed by atoms with van der Waals surface area (Å²) in [6.07, 6.45) is -3.04. The van der Waals surface area contributed by atoms with Crippen molar-refractivity contribution in [2.45, 2.75) is 6.18 Å². The molecule has 5 nitrogen and oxygen atoms in total. The SMILES string of the molecule is O=C(Nc1ccc(C(F)(F)F)cc1)c1ccnc(Nc2ccc(Cl)cc2)n1. The number of carbonyl (C=O) groups is 1. The van der Waals surface area contributed by atoms with Crippen LogP contribution in [-0.4, -0.2) is 15.9 Å². The Morgan fingerprint density at radius 3 is 2.19 bits per heavy atom. The first-order valence-electron chi connectivity index (χ1n) is 7.65. The van der Waals surface area contributed by atoms with Gasteiger partial charge >= 0.3 is 6.18 Å². The molecule has 0 unspecified atom stereocenters. The Morgan fingerprint density at radius 2 is 1.56 bits per heavy atom. The molecule has 138 valence electrons. The Bertz CT molecular complexity index is 944. The highest BCUT2D eigenvalue weighted by molar-refractivity contribution is 6.30. The molecular formula is C18H12ClF3N4O. The normalized spacial score (nSPS) is 11.1. The van der Waals surface area contributed by atoms with Gasteiger partial charge in [-0.05, 0) is 54.6 Å². The van der Waals surface area contributed by atoms with Crippen molar-refractivity contribution in [2.75, 3.05) is 10.6 Å². The van der Waals surface area contributed by atoms with E-state index in [0.717, 1.165) is 12.1 Å². The first-order valence-corrected chi connectivity index (χ1v) is 8.03. The number of halogens is 4. The second-order valence-electron chi connectivity index (χ2n) is 5.43. The molecule has 9 heteroatoms. The Morgan fingerprint density at radius 1 is 0.926 bits per heavy atom. The van der Waals surface area contributed by atoms with Crippen molar-refractivity contribution in [3.8, 4) is 0 Å². The molecule has 0 saturated carbocycles. The zero-order valence-electron chi connectivity index (χ0n) is 13.6. The number of carbonyl (C=O) groups excluding carboxylic acids is 1. The number of amides is 1. The van der Waals surface area contributed by atoms with Gasteiger partial charge in [-0.25, -0.2) is 9.97 Å². The Kier molecular flexibility index (Phi) is 5.27. The van der Waals surface area contributed by atoms with E-state index in [9.17, 15) is 18.0 Å².